The number of halogens is 1. The van der Waals surface area contributed by atoms with Gasteiger partial charge in [0.2, 0.25) is 0 Å². The molecule has 0 radical (unpaired) electrons. The monoisotopic (exact) mass is 306 g/mol. The van der Waals surface area contributed by atoms with Crippen molar-refractivity contribution in [3.05, 3.63) is 63.5 Å². The summed E-state index contributed by atoms with van der Waals surface area (Å²) in [5.41, 5.74) is -0.284. The Bertz CT molecular complexity index is 684. The molecule has 2 rings (SSSR count). The van der Waals surface area contributed by atoms with Gasteiger partial charge in [-0.05, 0) is 30.3 Å². The van der Waals surface area contributed by atoms with Crippen molar-refractivity contribution in [1.29, 1.82) is 0 Å². The predicted molar refractivity (Wildman–Crippen MR) is 81.0 cm³/mol. The van der Waals surface area contributed by atoms with E-state index in [0.717, 1.165) is 0 Å². The number of pyridine rings is 1. The Morgan fingerprint density at radius 2 is 2.14 bits per heavy atom. The molecule has 6 heteroatoms. The first-order chi connectivity index (χ1) is 10.1. The van der Waals surface area contributed by atoms with Crippen LogP contribution in [0.5, 0.6) is 5.75 Å². The second-order valence-corrected chi connectivity index (χ2v) is 4.88. The average Bonchev–Trinajstić information content (AvgIpc) is 2.47. The Morgan fingerprint density at radius 1 is 1.33 bits per heavy atom. The number of carbonyl (C=O) groups excluding carboxylic acids is 1. The molecule has 1 amide bonds. The van der Waals surface area contributed by atoms with Gasteiger partial charge in [0.1, 0.15) is 17.9 Å². The Hall–Kier alpha value is -2.27. The molecule has 21 heavy (non-hydrogen) atoms. The number of rotatable bonds is 5. The minimum absolute atomic E-state index is 0.114. The van der Waals surface area contributed by atoms with E-state index in [1.807, 2.05) is 0 Å². The largest absolute Gasteiger partial charge is 0.492 e. The summed E-state index contributed by atoms with van der Waals surface area (Å²) in [6.45, 7) is 0.674. The molecule has 2 aromatic rings. The van der Waals surface area contributed by atoms with Crippen molar-refractivity contribution >= 4 is 17.5 Å². The average molecular weight is 307 g/mol. The third-order valence-electron chi connectivity index (χ3n) is 2.89. The van der Waals surface area contributed by atoms with Crippen LogP contribution in [-0.2, 0) is 0 Å². The van der Waals surface area contributed by atoms with Gasteiger partial charge < -0.3 is 14.6 Å². The fraction of sp³-hybridized carbons (Fsp3) is 0.200. The van der Waals surface area contributed by atoms with Crippen LogP contribution in [0.25, 0.3) is 0 Å². The maximum absolute atomic E-state index is 12.1. The van der Waals surface area contributed by atoms with Crippen LogP contribution in [0.1, 0.15) is 10.4 Å². The number of nitrogens with zero attached hydrogens (tertiary/aromatic N) is 1. The van der Waals surface area contributed by atoms with Crippen molar-refractivity contribution in [3.63, 3.8) is 0 Å². The minimum atomic E-state index is -0.398. The van der Waals surface area contributed by atoms with E-state index in [-0.39, 0.29) is 11.5 Å². The van der Waals surface area contributed by atoms with E-state index in [4.69, 9.17) is 16.3 Å². The van der Waals surface area contributed by atoms with E-state index in [1.165, 1.54) is 17.2 Å². The Labute approximate surface area is 127 Å². The number of aromatic nitrogens is 1. The van der Waals surface area contributed by atoms with Crippen LogP contribution in [0, 0.1) is 0 Å². The van der Waals surface area contributed by atoms with Crippen LogP contribution in [-0.4, -0.2) is 36.0 Å². The van der Waals surface area contributed by atoms with Crippen LogP contribution in [0.15, 0.2) is 47.4 Å². The third-order valence-corrected chi connectivity index (χ3v) is 3.12. The van der Waals surface area contributed by atoms with Gasteiger partial charge in [-0.1, -0.05) is 17.7 Å². The lowest BCUT2D eigenvalue weighted by atomic mass is 10.2. The highest BCUT2D eigenvalue weighted by Gasteiger charge is 2.14. The fourth-order valence-corrected chi connectivity index (χ4v) is 1.93. The zero-order valence-electron chi connectivity index (χ0n) is 11.5. The minimum Gasteiger partial charge on any atom is -0.492 e. The van der Waals surface area contributed by atoms with E-state index in [0.29, 0.717) is 23.9 Å². The Kier molecular flexibility index (Phi) is 5.00. The number of amides is 1. The molecule has 0 aliphatic carbocycles. The van der Waals surface area contributed by atoms with Gasteiger partial charge in [0, 0.05) is 18.3 Å². The zero-order valence-corrected chi connectivity index (χ0v) is 12.3. The second-order valence-electron chi connectivity index (χ2n) is 4.45. The number of ether oxygens (including phenoxy) is 1. The molecule has 1 heterocycles. The molecule has 1 N–H and O–H groups in total. The van der Waals surface area contributed by atoms with Gasteiger partial charge in [0.05, 0.1) is 6.54 Å². The summed E-state index contributed by atoms with van der Waals surface area (Å²) < 4.78 is 5.51. The quantitative estimate of drug-likeness (QED) is 0.921. The van der Waals surface area contributed by atoms with Crippen LogP contribution >= 0.6 is 11.6 Å². The molecule has 0 bridgehead atoms. The van der Waals surface area contributed by atoms with Crippen LogP contribution in [0.2, 0.25) is 5.02 Å². The van der Waals surface area contributed by atoms with Crippen molar-refractivity contribution in [2.75, 3.05) is 20.2 Å². The summed E-state index contributed by atoms with van der Waals surface area (Å²) in [4.78, 5) is 27.6. The lowest BCUT2D eigenvalue weighted by molar-refractivity contribution is 0.0772. The van der Waals surface area contributed by atoms with E-state index in [1.54, 1.807) is 37.4 Å². The molecular formula is C15H15ClN2O3. The molecule has 5 nitrogen and oxygen atoms in total. The van der Waals surface area contributed by atoms with E-state index in [9.17, 15) is 9.59 Å². The molecule has 110 valence electrons. The number of hydrogen-bond acceptors (Lipinski definition) is 3. The molecule has 0 fully saturated rings. The molecular weight excluding hydrogens is 292 g/mol. The number of carbonyl (C=O) groups is 1. The van der Waals surface area contributed by atoms with E-state index >= 15 is 0 Å². The van der Waals surface area contributed by atoms with Crippen LogP contribution in [0.4, 0.5) is 0 Å². The third kappa shape index (κ3) is 4.10. The fourth-order valence-electron chi connectivity index (χ4n) is 1.75. The molecule has 0 atom stereocenters. The standard InChI is InChI=1S/C15H15ClN2O3/c1-18(15(20)13-6-3-7-17-14(13)19)8-9-21-12-5-2-4-11(16)10-12/h2-7,10H,8-9H2,1H3,(H,17,19). The van der Waals surface area contributed by atoms with Crippen molar-refractivity contribution < 1.29 is 9.53 Å². The number of hydrogen-bond donors (Lipinski definition) is 1. The lowest BCUT2D eigenvalue weighted by Crippen LogP contribution is -2.34. The van der Waals surface area contributed by atoms with Gasteiger partial charge in [-0.25, -0.2) is 0 Å². The number of benzene rings is 1. The number of likely N-dealkylation sites (N-methyl/N-ethyl adjacent to an activating group) is 1. The first-order valence-corrected chi connectivity index (χ1v) is 6.77. The molecule has 0 unspecified atom stereocenters. The highest BCUT2D eigenvalue weighted by Crippen LogP contribution is 2.16. The summed E-state index contributed by atoms with van der Waals surface area (Å²) in [5.74, 6) is 0.299. The maximum atomic E-state index is 12.1. The lowest BCUT2D eigenvalue weighted by Gasteiger charge is -2.17. The van der Waals surface area contributed by atoms with Gasteiger partial charge in [-0.2, -0.15) is 0 Å². The summed E-state index contributed by atoms with van der Waals surface area (Å²) in [6, 6.07) is 10.1. The van der Waals surface area contributed by atoms with Crippen LogP contribution < -0.4 is 10.3 Å². The summed E-state index contributed by atoms with van der Waals surface area (Å²) in [5, 5.41) is 0.591. The van der Waals surface area contributed by atoms with Crippen molar-refractivity contribution in [2.45, 2.75) is 0 Å². The topological polar surface area (TPSA) is 62.4 Å². The predicted octanol–water partition coefficient (Wildman–Crippen LogP) is 2.18. The molecule has 0 spiro atoms. The first kappa shape index (κ1) is 15.1. The maximum Gasteiger partial charge on any atom is 0.260 e. The van der Waals surface area contributed by atoms with Crippen molar-refractivity contribution in [2.24, 2.45) is 0 Å². The van der Waals surface area contributed by atoms with Crippen molar-refractivity contribution in [3.8, 4) is 5.75 Å². The summed E-state index contributed by atoms with van der Waals surface area (Å²) in [7, 11) is 1.62. The molecule has 1 aromatic heterocycles. The molecule has 0 saturated carbocycles. The summed E-state index contributed by atoms with van der Waals surface area (Å²) >= 11 is 5.85. The molecule has 0 saturated heterocycles. The van der Waals surface area contributed by atoms with Gasteiger partial charge in [0.15, 0.2) is 0 Å². The van der Waals surface area contributed by atoms with Gasteiger partial charge >= 0.3 is 0 Å². The number of H-pyrrole nitrogens is 1. The molecule has 1 aromatic carbocycles. The SMILES string of the molecule is CN(CCOc1cccc(Cl)c1)C(=O)c1ccc[nH]c1=O. The van der Waals surface area contributed by atoms with E-state index in [2.05, 4.69) is 4.98 Å². The first-order valence-electron chi connectivity index (χ1n) is 6.39. The highest BCUT2D eigenvalue weighted by molar-refractivity contribution is 6.30. The zero-order chi connectivity index (χ0) is 15.2. The number of nitrogens with one attached hydrogen (secondary N) is 1. The Balaban J connectivity index is 1.90. The molecule has 0 aliphatic heterocycles. The van der Waals surface area contributed by atoms with E-state index < -0.39 is 5.56 Å². The van der Waals surface area contributed by atoms with Crippen LogP contribution in [0.3, 0.4) is 0 Å². The number of aromatic amines is 1. The highest BCUT2D eigenvalue weighted by atomic mass is 35.5. The second kappa shape index (κ2) is 6.95. The Morgan fingerprint density at radius 3 is 2.86 bits per heavy atom. The summed E-state index contributed by atoms with van der Waals surface area (Å²) in [6.07, 6.45) is 1.49. The molecule has 0 aliphatic rings. The van der Waals surface area contributed by atoms with Gasteiger partial charge in [0.25, 0.3) is 11.5 Å². The van der Waals surface area contributed by atoms with Gasteiger partial charge in [-0.15, -0.1) is 0 Å². The van der Waals surface area contributed by atoms with Crippen molar-refractivity contribution in [1.82, 2.24) is 9.88 Å². The smallest absolute Gasteiger partial charge is 0.260 e. The van der Waals surface area contributed by atoms with Gasteiger partial charge in [-0.3, -0.25) is 9.59 Å². The normalized spacial score (nSPS) is 10.2.